The first kappa shape index (κ1) is 6.86. The number of aryl methyl sites for hydroxylation is 1. The topological polar surface area (TPSA) is 36.2 Å². The van der Waals surface area contributed by atoms with Gasteiger partial charge in [0.1, 0.15) is 5.82 Å². The van der Waals surface area contributed by atoms with Gasteiger partial charge in [0, 0.05) is 0 Å². The van der Waals surface area contributed by atoms with Crippen LogP contribution in [0.2, 0.25) is 0 Å². The Hall–Kier alpha value is -1.25. The van der Waals surface area contributed by atoms with E-state index in [0.717, 1.165) is 0 Å². The standard InChI is InChI=1S/C7H7FN2/c1-5-4-6(10-9)2-3-7(5)8/h2-4,9H,1H3. The maximum Gasteiger partial charge on any atom is 0.126 e. The normalized spacial score (nSPS) is 9.40. The molecule has 2 nitrogen and oxygen atoms in total. The van der Waals surface area contributed by atoms with E-state index in [1.54, 1.807) is 6.92 Å². The number of nitrogens with zero attached hydrogens (tertiary/aromatic N) is 1. The quantitative estimate of drug-likeness (QED) is 0.579. The second-order valence-electron chi connectivity index (χ2n) is 2.05. The molecule has 0 bridgehead atoms. The molecular weight excluding hydrogens is 131 g/mol. The molecule has 1 N–H and O–H groups in total. The molecule has 0 heterocycles. The number of rotatable bonds is 1. The molecule has 0 unspecified atom stereocenters. The first-order chi connectivity index (χ1) is 4.74. The molecule has 0 saturated carbocycles. The highest BCUT2D eigenvalue weighted by Gasteiger charge is 1.95. The third-order valence-corrected chi connectivity index (χ3v) is 1.27. The summed E-state index contributed by atoms with van der Waals surface area (Å²) in [5, 5.41) is 3.16. The molecule has 0 spiro atoms. The Morgan fingerprint density at radius 1 is 1.50 bits per heavy atom. The summed E-state index contributed by atoms with van der Waals surface area (Å²) in [6.45, 7) is 1.64. The van der Waals surface area contributed by atoms with Gasteiger partial charge in [0.05, 0.1) is 5.69 Å². The average molecular weight is 138 g/mol. The largest absolute Gasteiger partial charge is 0.207 e. The highest BCUT2D eigenvalue weighted by atomic mass is 19.1. The number of nitrogens with one attached hydrogen (secondary N) is 1. The molecule has 1 rings (SSSR count). The fourth-order valence-electron chi connectivity index (χ4n) is 0.698. The van der Waals surface area contributed by atoms with Crippen molar-refractivity contribution in [1.29, 1.82) is 5.53 Å². The van der Waals surface area contributed by atoms with Crippen LogP contribution in [-0.2, 0) is 0 Å². The maximum absolute atomic E-state index is 12.5. The fourth-order valence-corrected chi connectivity index (χ4v) is 0.698. The van der Waals surface area contributed by atoms with Crippen molar-refractivity contribution in [3.8, 4) is 0 Å². The molecule has 0 radical (unpaired) electrons. The van der Waals surface area contributed by atoms with E-state index in [1.807, 2.05) is 0 Å². The van der Waals surface area contributed by atoms with Gasteiger partial charge in [0.2, 0.25) is 0 Å². The highest BCUT2D eigenvalue weighted by Crippen LogP contribution is 2.15. The predicted molar refractivity (Wildman–Crippen MR) is 35.9 cm³/mol. The molecule has 0 atom stereocenters. The van der Waals surface area contributed by atoms with E-state index >= 15 is 0 Å². The van der Waals surface area contributed by atoms with Gasteiger partial charge in [-0.25, -0.2) is 9.92 Å². The summed E-state index contributed by atoms with van der Waals surface area (Å²) in [6.07, 6.45) is 0. The van der Waals surface area contributed by atoms with Gasteiger partial charge in [-0.15, -0.1) is 0 Å². The molecule has 0 saturated heterocycles. The van der Waals surface area contributed by atoms with E-state index in [-0.39, 0.29) is 5.82 Å². The Balaban J connectivity index is 3.16. The first-order valence-corrected chi connectivity index (χ1v) is 2.87. The SMILES string of the molecule is Cc1cc(N=N)ccc1F. The lowest BCUT2D eigenvalue weighted by Gasteiger charge is -1.94. The maximum atomic E-state index is 12.5. The zero-order chi connectivity index (χ0) is 7.56. The molecule has 1 aromatic carbocycles. The summed E-state index contributed by atoms with van der Waals surface area (Å²) in [7, 11) is 0. The van der Waals surface area contributed by atoms with Crippen LogP contribution >= 0.6 is 0 Å². The molecule has 52 valence electrons. The van der Waals surface area contributed by atoms with Crippen molar-refractivity contribution in [2.75, 3.05) is 0 Å². The second-order valence-corrected chi connectivity index (χ2v) is 2.05. The van der Waals surface area contributed by atoms with Gasteiger partial charge in [0.15, 0.2) is 0 Å². The fraction of sp³-hybridized carbons (Fsp3) is 0.143. The van der Waals surface area contributed by atoms with E-state index in [2.05, 4.69) is 5.11 Å². The summed E-state index contributed by atoms with van der Waals surface area (Å²) in [6, 6.07) is 4.31. The molecule has 0 aliphatic carbocycles. The van der Waals surface area contributed by atoms with Crippen LogP contribution in [0.5, 0.6) is 0 Å². The molecule has 0 fully saturated rings. The Bertz CT molecular complexity index is 258. The van der Waals surface area contributed by atoms with E-state index in [4.69, 9.17) is 5.53 Å². The molecule has 0 aliphatic rings. The van der Waals surface area contributed by atoms with Gasteiger partial charge in [-0.1, -0.05) is 0 Å². The van der Waals surface area contributed by atoms with E-state index in [1.165, 1.54) is 18.2 Å². The molecule has 0 aliphatic heterocycles. The Morgan fingerprint density at radius 3 is 2.70 bits per heavy atom. The van der Waals surface area contributed by atoms with E-state index < -0.39 is 0 Å². The lowest BCUT2D eigenvalue weighted by molar-refractivity contribution is 0.618. The highest BCUT2D eigenvalue weighted by molar-refractivity contribution is 5.39. The van der Waals surface area contributed by atoms with Crippen molar-refractivity contribution in [2.45, 2.75) is 6.92 Å². The van der Waals surface area contributed by atoms with Crippen LogP contribution in [0.15, 0.2) is 23.3 Å². The molecule has 1 aromatic rings. The zero-order valence-corrected chi connectivity index (χ0v) is 5.56. The Kier molecular flexibility index (Phi) is 1.76. The van der Waals surface area contributed by atoms with Crippen molar-refractivity contribution in [3.05, 3.63) is 29.6 Å². The summed E-state index contributed by atoms with van der Waals surface area (Å²) in [5.41, 5.74) is 7.62. The first-order valence-electron chi connectivity index (χ1n) is 2.87. The minimum atomic E-state index is -0.257. The predicted octanol–water partition coefficient (Wildman–Crippen LogP) is 2.80. The minimum Gasteiger partial charge on any atom is -0.207 e. The van der Waals surface area contributed by atoms with Gasteiger partial charge in [0.25, 0.3) is 0 Å². The van der Waals surface area contributed by atoms with Crippen molar-refractivity contribution in [3.63, 3.8) is 0 Å². The molecule has 0 aromatic heterocycles. The summed E-state index contributed by atoms with van der Waals surface area (Å²) < 4.78 is 12.5. The Morgan fingerprint density at radius 2 is 2.20 bits per heavy atom. The smallest absolute Gasteiger partial charge is 0.126 e. The third kappa shape index (κ3) is 1.18. The van der Waals surface area contributed by atoms with Crippen molar-refractivity contribution in [2.24, 2.45) is 5.11 Å². The van der Waals surface area contributed by atoms with E-state index in [0.29, 0.717) is 11.3 Å². The Labute approximate surface area is 58.2 Å². The molecule has 0 amide bonds. The summed E-state index contributed by atoms with van der Waals surface area (Å²) in [5.74, 6) is -0.257. The molecule has 3 heteroatoms. The number of hydrogen-bond acceptors (Lipinski definition) is 2. The van der Waals surface area contributed by atoms with Gasteiger partial charge in [-0.3, -0.25) is 0 Å². The minimum absolute atomic E-state index is 0.257. The van der Waals surface area contributed by atoms with Crippen LogP contribution in [-0.4, -0.2) is 0 Å². The van der Waals surface area contributed by atoms with Crippen LogP contribution < -0.4 is 0 Å². The number of hydrogen-bond donors (Lipinski definition) is 1. The zero-order valence-electron chi connectivity index (χ0n) is 5.56. The van der Waals surface area contributed by atoms with Crippen molar-refractivity contribution in [1.82, 2.24) is 0 Å². The number of halogens is 1. The van der Waals surface area contributed by atoms with Crippen molar-refractivity contribution < 1.29 is 4.39 Å². The third-order valence-electron chi connectivity index (χ3n) is 1.27. The van der Waals surface area contributed by atoms with Crippen LogP contribution in [0.25, 0.3) is 0 Å². The van der Waals surface area contributed by atoms with Crippen LogP contribution in [0.3, 0.4) is 0 Å². The van der Waals surface area contributed by atoms with E-state index in [9.17, 15) is 4.39 Å². The summed E-state index contributed by atoms with van der Waals surface area (Å²) >= 11 is 0. The van der Waals surface area contributed by atoms with Gasteiger partial charge >= 0.3 is 0 Å². The van der Waals surface area contributed by atoms with Crippen LogP contribution in [0.4, 0.5) is 10.1 Å². The van der Waals surface area contributed by atoms with Crippen LogP contribution in [0, 0.1) is 18.3 Å². The van der Waals surface area contributed by atoms with Gasteiger partial charge < -0.3 is 0 Å². The summed E-state index contributed by atoms with van der Waals surface area (Å²) in [4.78, 5) is 0. The average Bonchev–Trinajstić information content (AvgIpc) is 1.95. The number of benzene rings is 1. The monoisotopic (exact) mass is 138 g/mol. The second kappa shape index (κ2) is 2.56. The van der Waals surface area contributed by atoms with Gasteiger partial charge in [-0.2, -0.15) is 5.11 Å². The molecule has 10 heavy (non-hydrogen) atoms. The lowest BCUT2D eigenvalue weighted by Crippen LogP contribution is -1.78. The van der Waals surface area contributed by atoms with Crippen LogP contribution in [0.1, 0.15) is 5.56 Å². The molecular formula is C7H7FN2. The lowest BCUT2D eigenvalue weighted by atomic mass is 10.2. The van der Waals surface area contributed by atoms with Gasteiger partial charge in [-0.05, 0) is 30.7 Å². The van der Waals surface area contributed by atoms with Crippen molar-refractivity contribution >= 4 is 5.69 Å².